The Bertz CT molecular complexity index is 808. The molecule has 0 radical (unpaired) electrons. The summed E-state index contributed by atoms with van der Waals surface area (Å²) in [5.41, 5.74) is 0. The molecular weight excluding hydrogens is 399 g/mol. The molecule has 2 aromatic rings. The van der Waals surface area contributed by atoms with Crippen LogP contribution in [0.4, 0.5) is 0 Å². The quantitative estimate of drug-likeness (QED) is 0.468. The van der Waals surface area contributed by atoms with E-state index in [1.165, 1.54) is 23.5 Å². The van der Waals surface area contributed by atoms with Crippen LogP contribution >= 0.6 is 7.49 Å². The molecule has 2 aliphatic carbocycles. The van der Waals surface area contributed by atoms with Crippen LogP contribution in [-0.4, -0.2) is 18.0 Å². The fraction of sp³-hybridized carbons (Fsp3) is 0.536. The van der Waals surface area contributed by atoms with Gasteiger partial charge in [-0.25, -0.2) is 4.52 Å². The van der Waals surface area contributed by atoms with Crippen molar-refractivity contribution in [3.8, 4) is 0 Å². The van der Waals surface area contributed by atoms with Crippen molar-refractivity contribution in [3.63, 3.8) is 0 Å². The first-order valence-electron chi connectivity index (χ1n) is 12.2. The summed E-state index contributed by atoms with van der Waals surface area (Å²) >= 11 is 0. The van der Waals surface area contributed by atoms with Crippen molar-refractivity contribution >= 4 is 23.9 Å². The van der Waals surface area contributed by atoms with Crippen LogP contribution in [-0.2, 0) is 9.32 Å². The maximum absolute atomic E-state index is 12.8. The van der Waals surface area contributed by atoms with E-state index in [2.05, 4.69) is 81.4 Å². The normalized spacial score (nSPS) is 27.0. The van der Waals surface area contributed by atoms with Crippen molar-refractivity contribution in [1.82, 2.24) is 0 Å². The molecule has 2 nitrogen and oxygen atoms in total. The Morgan fingerprint density at radius 2 is 1.55 bits per heavy atom. The van der Waals surface area contributed by atoms with E-state index >= 15 is 0 Å². The molecule has 0 spiro atoms. The zero-order chi connectivity index (χ0) is 21.8. The average Bonchev–Trinajstić information content (AvgIpc) is 3.18. The van der Waals surface area contributed by atoms with Crippen LogP contribution in [0.15, 0.2) is 60.7 Å². The molecule has 166 valence electrons. The molecule has 0 amide bonds. The maximum Gasteiger partial charge on any atom is 0.211 e. The van der Waals surface area contributed by atoms with Gasteiger partial charge >= 0.3 is 0 Å². The van der Waals surface area contributed by atoms with Crippen LogP contribution in [0.1, 0.15) is 59.3 Å². The third-order valence-corrected chi connectivity index (χ3v) is 11.4. The SMILES string of the molecule is CC(C)[C@@H]1CC[C@@H](C)C[C@H]1O[P+](CC1CCCC1=O)(c1ccccc1)c1ccccc1. The predicted molar refractivity (Wildman–Crippen MR) is 133 cm³/mol. The van der Waals surface area contributed by atoms with Crippen LogP contribution in [0.2, 0.25) is 0 Å². The van der Waals surface area contributed by atoms with Crippen molar-refractivity contribution in [2.24, 2.45) is 23.7 Å². The van der Waals surface area contributed by atoms with Gasteiger partial charge in [-0.1, -0.05) is 63.6 Å². The average molecular weight is 438 g/mol. The molecule has 3 heteroatoms. The molecule has 4 rings (SSSR count). The molecule has 1 unspecified atom stereocenters. The third kappa shape index (κ3) is 4.96. The molecule has 0 N–H and O–H groups in total. The molecule has 0 aliphatic heterocycles. The molecule has 0 saturated heterocycles. The summed E-state index contributed by atoms with van der Waals surface area (Å²) < 4.78 is 7.46. The first kappa shape index (κ1) is 22.7. The standard InChI is InChI=1S/C28H38O2P/c1-21(2)26-18-17-22(3)19-28(26)30-31(24-12-6-4-7-13-24,25-14-8-5-9-15-25)20-23-11-10-16-27(23)29/h4-9,12-15,21-23,26,28H,10-11,16-20H2,1-3H3/q+1/t22-,23?,26+,28-/m1/s1. The van der Waals surface area contributed by atoms with Crippen molar-refractivity contribution in [3.05, 3.63) is 60.7 Å². The van der Waals surface area contributed by atoms with Gasteiger partial charge in [0.15, 0.2) is 0 Å². The Kier molecular flexibility index (Phi) is 7.29. The summed E-state index contributed by atoms with van der Waals surface area (Å²) in [5, 5.41) is 2.59. The lowest BCUT2D eigenvalue weighted by atomic mass is 9.75. The van der Waals surface area contributed by atoms with E-state index in [9.17, 15) is 4.79 Å². The molecule has 2 aliphatic rings. The maximum atomic E-state index is 12.8. The van der Waals surface area contributed by atoms with Crippen molar-refractivity contribution in [2.45, 2.75) is 65.4 Å². The Balaban J connectivity index is 1.81. The minimum absolute atomic E-state index is 0.132. The predicted octanol–water partition coefficient (Wildman–Crippen LogP) is 6.42. The van der Waals surface area contributed by atoms with Crippen molar-refractivity contribution in [1.29, 1.82) is 0 Å². The molecule has 2 saturated carbocycles. The lowest BCUT2D eigenvalue weighted by molar-refractivity contribution is -0.120. The largest absolute Gasteiger partial charge is 0.299 e. The van der Waals surface area contributed by atoms with E-state index in [1.54, 1.807) is 0 Å². The number of carbonyl (C=O) groups excluding carboxylic acids is 1. The van der Waals surface area contributed by atoms with Crippen molar-refractivity contribution < 1.29 is 9.32 Å². The number of hydrogen-bond donors (Lipinski definition) is 0. The molecule has 0 heterocycles. The number of benzene rings is 2. The second kappa shape index (κ2) is 9.97. The van der Waals surface area contributed by atoms with E-state index < -0.39 is 7.49 Å². The Morgan fingerprint density at radius 1 is 0.935 bits per heavy atom. The van der Waals surface area contributed by atoms with Gasteiger partial charge in [0.2, 0.25) is 7.49 Å². The van der Waals surface area contributed by atoms with Crippen LogP contribution in [0.5, 0.6) is 0 Å². The van der Waals surface area contributed by atoms with Gasteiger partial charge in [-0.2, -0.15) is 0 Å². The smallest absolute Gasteiger partial charge is 0.211 e. The Labute approximate surface area is 189 Å². The van der Waals surface area contributed by atoms with Crippen LogP contribution in [0.3, 0.4) is 0 Å². The van der Waals surface area contributed by atoms with Gasteiger partial charge in [-0.3, -0.25) is 4.79 Å². The summed E-state index contributed by atoms with van der Waals surface area (Å²) in [6.07, 6.45) is 7.57. The fourth-order valence-corrected chi connectivity index (χ4v) is 9.79. The molecular formula is C28H38O2P+. The minimum atomic E-state index is -2.18. The van der Waals surface area contributed by atoms with Gasteiger partial charge in [0.25, 0.3) is 0 Å². The number of ketones is 1. The highest BCUT2D eigenvalue weighted by atomic mass is 31.2. The highest BCUT2D eigenvalue weighted by Gasteiger charge is 2.52. The molecule has 0 bridgehead atoms. The Hall–Kier alpha value is -1.50. The van der Waals surface area contributed by atoms with Crippen LogP contribution in [0.25, 0.3) is 0 Å². The summed E-state index contributed by atoms with van der Waals surface area (Å²) in [6.45, 7) is 7.07. The second-order valence-corrected chi connectivity index (χ2v) is 13.2. The van der Waals surface area contributed by atoms with E-state index in [4.69, 9.17) is 4.52 Å². The van der Waals surface area contributed by atoms with Gasteiger partial charge in [0, 0.05) is 6.42 Å². The van der Waals surface area contributed by atoms with Gasteiger partial charge in [-0.05, 0) is 67.7 Å². The number of carbonyl (C=O) groups is 1. The first-order valence-corrected chi connectivity index (χ1v) is 14.1. The second-order valence-electron chi connectivity index (χ2n) is 10.1. The van der Waals surface area contributed by atoms with Crippen LogP contribution in [0, 0.1) is 23.7 Å². The summed E-state index contributed by atoms with van der Waals surface area (Å²) in [7, 11) is -2.18. The van der Waals surface area contributed by atoms with Crippen LogP contribution < -0.4 is 10.6 Å². The lowest BCUT2D eigenvalue weighted by Crippen LogP contribution is -2.39. The highest BCUT2D eigenvalue weighted by molar-refractivity contribution is 7.85. The molecule has 2 fully saturated rings. The van der Waals surface area contributed by atoms with Gasteiger partial charge in [-0.15, -0.1) is 0 Å². The molecule has 31 heavy (non-hydrogen) atoms. The third-order valence-electron chi connectivity index (χ3n) is 7.53. The fourth-order valence-electron chi connectivity index (χ4n) is 5.72. The van der Waals surface area contributed by atoms with Gasteiger partial charge in [0.05, 0.1) is 5.92 Å². The lowest BCUT2D eigenvalue weighted by Gasteiger charge is -2.40. The Morgan fingerprint density at radius 3 is 2.06 bits per heavy atom. The first-order chi connectivity index (χ1) is 15.0. The van der Waals surface area contributed by atoms with Gasteiger partial charge in [0.1, 0.15) is 28.7 Å². The minimum Gasteiger partial charge on any atom is -0.299 e. The van der Waals surface area contributed by atoms with E-state index in [0.29, 0.717) is 23.5 Å². The highest BCUT2D eigenvalue weighted by Crippen LogP contribution is 2.62. The van der Waals surface area contributed by atoms with Gasteiger partial charge < -0.3 is 0 Å². The monoisotopic (exact) mass is 437 g/mol. The number of rotatable bonds is 7. The van der Waals surface area contributed by atoms with Crippen molar-refractivity contribution in [2.75, 3.05) is 6.16 Å². The van der Waals surface area contributed by atoms with E-state index in [-0.39, 0.29) is 12.0 Å². The molecule has 0 aromatic heterocycles. The number of hydrogen-bond acceptors (Lipinski definition) is 2. The zero-order valence-electron chi connectivity index (χ0n) is 19.4. The zero-order valence-corrected chi connectivity index (χ0v) is 20.3. The topological polar surface area (TPSA) is 26.3 Å². The van der Waals surface area contributed by atoms with E-state index in [0.717, 1.165) is 31.8 Å². The summed E-state index contributed by atoms with van der Waals surface area (Å²) in [4.78, 5) is 12.8. The van der Waals surface area contributed by atoms with E-state index in [1.807, 2.05) is 0 Å². The number of Topliss-reactive ketones (excluding diaryl/α,β-unsaturated/α-hetero) is 1. The molecule has 2 aromatic carbocycles. The molecule has 4 atom stereocenters. The summed E-state index contributed by atoms with van der Waals surface area (Å²) in [5.74, 6) is 2.47. The summed E-state index contributed by atoms with van der Waals surface area (Å²) in [6, 6.07) is 21.7.